The first kappa shape index (κ1) is 12.8. The molecule has 0 saturated carbocycles. The predicted molar refractivity (Wildman–Crippen MR) is 59.9 cm³/mol. The number of hydrogen-bond donors (Lipinski definition) is 1. The van der Waals surface area contributed by atoms with Crippen molar-refractivity contribution >= 4 is 17.7 Å². The molecule has 2 N–H and O–H groups in total. The van der Waals surface area contributed by atoms with Crippen LogP contribution in [0.15, 0.2) is 0 Å². The fourth-order valence-corrected chi connectivity index (χ4v) is 2.74. The summed E-state index contributed by atoms with van der Waals surface area (Å²) in [6.45, 7) is 6.25. The SMILES string of the molecule is CCCC(CCC)SC(C)C(N)=O. The van der Waals surface area contributed by atoms with Crippen molar-refractivity contribution in [2.45, 2.75) is 57.0 Å². The van der Waals surface area contributed by atoms with Gasteiger partial charge in [0.25, 0.3) is 0 Å². The quantitative estimate of drug-likeness (QED) is 0.691. The number of thioether (sulfide) groups is 1. The predicted octanol–water partition coefficient (Wildman–Crippen LogP) is 2.56. The van der Waals surface area contributed by atoms with Gasteiger partial charge in [0.2, 0.25) is 5.91 Å². The van der Waals surface area contributed by atoms with Gasteiger partial charge in [-0.2, -0.15) is 0 Å². The minimum absolute atomic E-state index is 0.0388. The Morgan fingerprint density at radius 2 is 1.77 bits per heavy atom. The molecule has 1 amide bonds. The summed E-state index contributed by atoms with van der Waals surface area (Å²) in [6.07, 6.45) is 4.75. The van der Waals surface area contributed by atoms with Crippen LogP contribution < -0.4 is 5.73 Å². The number of amides is 1. The summed E-state index contributed by atoms with van der Waals surface area (Å²) in [7, 11) is 0. The molecule has 1 unspecified atom stereocenters. The van der Waals surface area contributed by atoms with E-state index in [1.54, 1.807) is 11.8 Å². The molecule has 0 aliphatic carbocycles. The summed E-state index contributed by atoms with van der Waals surface area (Å²) < 4.78 is 0. The monoisotopic (exact) mass is 203 g/mol. The van der Waals surface area contributed by atoms with E-state index in [1.807, 2.05) is 6.92 Å². The van der Waals surface area contributed by atoms with Gasteiger partial charge in [0.1, 0.15) is 0 Å². The summed E-state index contributed by atoms with van der Waals surface area (Å²) in [5.74, 6) is -0.192. The van der Waals surface area contributed by atoms with E-state index in [0.29, 0.717) is 5.25 Å². The third kappa shape index (κ3) is 5.97. The first-order valence-electron chi connectivity index (χ1n) is 5.06. The molecular formula is C10H21NOS. The van der Waals surface area contributed by atoms with Crippen LogP contribution in [0.2, 0.25) is 0 Å². The smallest absolute Gasteiger partial charge is 0.230 e. The van der Waals surface area contributed by atoms with Crippen molar-refractivity contribution in [3.8, 4) is 0 Å². The van der Waals surface area contributed by atoms with Crippen molar-refractivity contribution in [3.63, 3.8) is 0 Å². The fourth-order valence-electron chi connectivity index (χ4n) is 1.28. The van der Waals surface area contributed by atoms with Crippen molar-refractivity contribution in [2.75, 3.05) is 0 Å². The van der Waals surface area contributed by atoms with E-state index in [-0.39, 0.29) is 11.2 Å². The summed E-state index contributed by atoms with van der Waals surface area (Å²) in [6, 6.07) is 0. The molecule has 0 saturated heterocycles. The lowest BCUT2D eigenvalue weighted by Gasteiger charge is -2.17. The molecule has 1 atom stereocenters. The van der Waals surface area contributed by atoms with Crippen LogP contribution in [0.1, 0.15) is 46.5 Å². The highest BCUT2D eigenvalue weighted by Crippen LogP contribution is 2.25. The Bertz CT molecular complexity index is 144. The molecule has 0 spiro atoms. The van der Waals surface area contributed by atoms with Gasteiger partial charge in [-0.05, 0) is 19.8 Å². The molecule has 3 heteroatoms. The average molecular weight is 203 g/mol. The van der Waals surface area contributed by atoms with Crippen LogP contribution in [0.4, 0.5) is 0 Å². The molecule has 0 aromatic carbocycles. The molecule has 13 heavy (non-hydrogen) atoms. The lowest BCUT2D eigenvalue weighted by atomic mass is 10.2. The fraction of sp³-hybridized carbons (Fsp3) is 0.900. The van der Waals surface area contributed by atoms with Crippen LogP contribution in [0.5, 0.6) is 0 Å². The first-order chi connectivity index (χ1) is 6.11. The number of carbonyl (C=O) groups excluding carboxylic acids is 1. The highest BCUT2D eigenvalue weighted by atomic mass is 32.2. The number of carbonyl (C=O) groups is 1. The van der Waals surface area contributed by atoms with Gasteiger partial charge in [0.05, 0.1) is 5.25 Å². The van der Waals surface area contributed by atoms with Crippen molar-refractivity contribution in [1.82, 2.24) is 0 Å². The van der Waals surface area contributed by atoms with Crippen molar-refractivity contribution in [2.24, 2.45) is 5.73 Å². The van der Waals surface area contributed by atoms with Crippen LogP contribution in [-0.4, -0.2) is 16.4 Å². The summed E-state index contributed by atoms with van der Waals surface area (Å²) in [4.78, 5) is 10.8. The zero-order valence-electron chi connectivity index (χ0n) is 8.88. The summed E-state index contributed by atoms with van der Waals surface area (Å²) in [5.41, 5.74) is 5.22. The maximum atomic E-state index is 10.8. The van der Waals surface area contributed by atoms with Gasteiger partial charge in [0.15, 0.2) is 0 Å². The second kappa shape index (κ2) is 7.25. The molecular weight excluding hydrogens is 182 g/mol. The van der Waals surface area contributed by atoms with Crippen molar-refractivity contribution in [1.29, 1.82) is 0 Å². The lowest BCUT2D eigenvalue weighted by molar-refractivity contribution is -0.117. The third-order valence-electron chi connectivity index (χ3n) is 2.02. The lowest BCUT2D eigenvalue weighted by Crippen LogP contribution is -2.25. The van der Waals surface area contributed by atoms with E-state index in [1.165, 1.54) is 25.7 Å². The Balaban J connectivity index is 3.85. The third-order valence-corrected chi connectivity index (χ3v) is 3.52. The largest absolute Gasteiger partial charge is 0.369 e. The second-order valence-corrected chi connectivity index (χ2v) is 5.03. The Morgan fingerprint density at radius 1 is 1.31 bits per heavy atom. The van der Waals surface area contributed by atoms with Crippen LogP contribution in [0.25, 0.3) is 0 Å². The minimum Gasteiger partial charge on any atom is -0.369 e. The summed E-state index contributed by atoms with van der Waals surface area (Å²) in [5, 5.41) is 0.570. The first-order valence-corrected chi connectivity index (χ1v) is 6.00. The van der Waals surface area contributed by atoms with E-state index in [0.717, 1.165) is 0 Å². The topological polar surface area (TPSA) is 43.1 Å². The van der Waals surface area contributed by atoms with Crippen LogP contribution in [0, 0.1) is 0 Å². The van der Waals surface area contributed by atoms with Gasteiger partial charge in [-0.3, -0.25) is 4.79 Å². The molecule has 0 heterocycles. The Morgan fingerprint density at radius 3 is 2.08 bits per heavy atom. The van der Waals surface area contributed by atoms with Crippen LogP contribution in [-0.2, 0) is 4.79 Å². The Hall–Kier alpha value is -0.180. The van der Waals surface area contributed by atoms with Crippen LogP contribution in [0.3, 0.4) is 0 Å². The molecule has 78 valence electrons. The molecule has 2 nitrogen and oxygen atoms in total. The van der Waals surface area contributed by atoms with Gasteiger partial charge in [-0.1, -0.05) is 26.7 Å². The number of hydrogen-bond acceptors (Lipinski definition) is 2. The zero-order valence-corrected chi connectivity index (χ0v) is 9.69. The Kier molecular flexibility index (Phi) is 7.14. The molecule has 0 bridgehead atoms. The van der Waals surface area contributed by atoms with Gasteiger partial charge in [0, 0.05) is 5.25 Å². The van der Waals surface area contributed by atoms with Gasteiger partial charge in [-0.15, -0.1) is 11.8 Å². The van der Waals surface area contributed by atoms with Crippen LogP contribution >= 0.6 is 11.8 Å². The maximum Gasteiger partial charge on any atom is 0.230 e. The average Bonchev–Trinajstić information content (AvgIpc) is 2.05. The van der Waals surface area contributed by atoms with E-state index in [9.17, 15) is 4.79 Å². The molecule has 0 rings (SSSR count). The zero-order chi connectivity index (χ0) is 10.3. The van der Waals surface area contributed by atoms with Gasteiger partial charge < -0.3 is 5.73 Å². The van der Waals surface area contributed by atoms with E-state index >= 15 is 0 Å². The molecule has 0 aliphatic rings. The molecule has 0 aliphatic heterocycles. The van der Waals surface area contributed by atoms with E-state index < -0.39 is 0 Å². The molecule has 0 aromatic rings. The normalized spacial score (nSPS) is 13.2. The highest BCUT2D eigenvalue weighted by molar-refractivity contribution is 8.01. The summed E-state index contributed by atoms with van der Waals surface area (Å²) >= 11 is 1.73. The van der Waals surface area contributed by atoms with Gasteiger partial charge in [-0.25, -0.2) is 0 Å². The molecule has 0 aromatic heterocycles. The maximum absolute atomic E-state index is 10.8. The van der Waals surface area contributed by atoms with E-state index in [2.05, 4.69) is 13.8 Å². The minimum atomic E-state index is -0.192. The number of primary amides is 1. The van der Waals surface area contributed by atoms with E-state index in [4.69, 9.17) is 5.73 Å². The second-order valence-electron chi connectivity index (χ2n) is 3.38. The number of nitrogens with two attached hydrogens (primary N) is 1. The van der Waals surface area contributed by atoms with Gasteiger partial charge >= 0.3 is 0 Å². The van der Waals surface area contributed by atoms with Crippen molar-refractivity contribution < 1.29 is 4.79 Å². The Labute approximate surface area is 85.6 Å². The standard InChI is InChI=1S/C10H21NOS/c1-4-6-9(7-5-2)13-8(3)10(11)12/h8-9H,4-7H2,1-3H3,(H2,11,12). The van der Waals surface area contributed by atoms with Crippen molar-refractivity contribution in [3.05, 3.63) is 0 Å². The molecule has 0 fully saturated rings. The molecule has 0 radical (unpaired) electrons. The highest BCUT2D eigenvalue weighted by Gasteiger charge is 2.15. The number of rotatable bonds is 7.